The quantitative estimate of drug-likeness (QED) is 0.195. The van der Waals surface area contributed by atoms with E-state index < -0.39 is 0 Å². The number of ketones is 1. The number of allylic oxidation sites excluding steroid dienone is 1. The molecule has 3 rings (SSSR count). The molecule has 0 aromatic heterocycles. The molecule has 3 aromatic carbocycles. The molecule has 0 saturated heterocycles. The second-order valence-corrected chi connectivity index (χ2v) is 8.44. The molecular formula is C31H34N2O9. The van der Waals surface area contributed by atoms with Crippen LogP contribution in [0.1, 0.15) is 15.9 Å². The summed E-state index contributed by atoms with van der Waals surface area (Å²) in [6.45, 7) is 0. The molecule has 0 heterocycles. The van der Waals surface area contributed by atoms with Crippen LogP contribution in [0.3, 0.4) is 0 Å². The molecular weight excluding hydrogens is 544 g/mol. The average molecular weight is 579 g/mol. The second-order valence-electron chi connectivity index (χ2n) is 8.44. The molecule has 11 heteroatoms. The van der Waals surface area contributed by atoms with Crippen molar-refractivity contribution >= 4 is 29.1 Å². The standard InChI is InChI=1S/C31H34N2O9/c1-36-21-17-26(38-3)22(27(18-21)39-4)9-11-30(35)33-20-8-10-25(37-2)23(16-20)32-13-12-24(34)19-14-28(40-5)31(42-7)29(15-19)41-6/h8-18,32H,1-7H3,(H,33,35). The maximum absolute atomic E-state index is 12.9. The van der Waals surface area contributed by atoms with E-state index in [1.165, 1.54) is 61.0 Å². The molecule has 2 N–H and O–H groups in total. The summed E-state index contributed by atoms with van der Waals surface area (Å²) in [6.07, 6.45) is 5.77. The van der Waals surface area contributed by atoms with Crippen LogP contribution in [-0.4, -0.2) is 61.5 Å². The lowest BCUT2D eigenvalue weighted by atomic mass is 10.1. The normalized spacial score (nSPS) is 10.7. The van der Waals surface area contributed by atoms with Crippen LogP contribution in [0.15, 0.2) is 60.8 Å². The van der Waals surface area contributed by atoms with E-state index in [0.717, 1.165) is 0 Å². The van der Waals surface area contributed by atoms with Gasteiger partial charge < -0.3 is 43.8 Å². The van der Waals surface area contributed by atoms with Gasteiger partial charge in [-0.25, -0.2) is 0 Å². The van der Waals surface area contributed by atoms with Gasteiger partial charge in [-0.2, -0.15) is 0 Å². The van der Waals surface area contributed by atoms with Crippen molar-refractivity contribution in [3.8, 4) is 40.2 Å². The first kappa shape index (κ1) is 31.2. The van der Waals surface area contributed by atoms with E-state index in [1.807, 2.05) is 0 Å². The van der Waals surface area contributed by atoms with E-state index in [2.05, 4.69) is 10.6 Å². The fraction of sp³-hybridized carbons (Fsp3) is 0.226. The molecule has 3 aromatic rings. The lowest BCUT2D eigenvalue weighted by Gasteiger charge is -2.13. The topological polar surface area (TPSA) is 123 Å². The Morgan fingerprint density at radius 3 is 1.76 bits per heavy atom. The highest BCUT2D eigenvalue weighted by atomic mass is 16.5. The number of hydrogen-bond donors (Lipinski definition) is 2. The third-order valence-electron chi connectivity index (χ3n) is 6.04. The van der Waals surface area contributed by atoms with Crippen molar-refractivity contribution in [2.24, 2.45) is 0 Å². The summed E-state index contributed by atoms with van der Waals surface area (Å²) < 4.78 is 37.5. The van der Waals surface area contributed by atoms with E-state index in [0.29, 0.717) is 62.7 Å². The molecule has 0 aliphatic carbocycles. The maximum Gasteiger partial charge on any atom is 0.248 e. The molecule has 0 bridgehead atoms. The molecule has 0 atom stereocenters. The monoisotopic (exact) mass is 578 g/mol. The van der Waals surface area contributed by atoms with Gasteiger partial charge in [0.05, 0.1) is 61.0 Å². The highest BCUT2D eigenvalue weighted by molar-refractivity contribution is 6.05. The Labute approximate surface area is 244 Å². The maximum atomic E-state index is 12.9. The Kier molecular flexibility index (Phi) is 11.1. The fourth-order valence-corrected chi connectivity index (χ4v) is 3.97. The van der Waals surface area contributed by atoms with Crippen molar-refractivity contribution in [3.63, 3.8) is 0 Å². The van der Waals surface area contributed by atoms with E-state index in [4.69, 9.17) is 33.2 Å². The molecule has 11 nitrogen and oxygen atoms in total. The molecule has 0 aliphatic rings. The van der Waals surface area contributed by atoms with E-state index in [1.54, 1.807) is 55.7 Å². The summed E-state index contributed by atoms with van der Waals surface area (Å²) in [5, 5.41) is 5.83. The zero-order chi connectivity index (χ0) is 30.6. The number of rotatable bonds is 14. The Morgan fingerprint density at radius 2 is 1.24 bits per heavy atom. The van der Waals surface area contributed by atoms with Crippen molar-refractivity contribution in [2.45, 2.75) is 0 Å². The predicted octanol–water partition coefficient (Wildman–Crippen LogP) is 5.21. The third-order valence-corrected chi connectivity index (χ3v) is 6.04. The van der Waals surface area contributed by atoms with Crippen molar-refractivity contribution < 1.29 is 42.7 Å². The number of benzene rings is 3. The van der Waals surface area contributed by atoms with E-state index in [-0.39, 0.29) is 11.7 Å². The molecule has 42 heavy (non-hydrogen) atoms. The number of methoxy groups -OCH3 is 7. The minimum Gasteiger partial charge on any atom is -0.496 e. The molecule has 222 valence electrons. The predicted molar refractivity (Wildman–Crippen MR) is 160 cm³/mol. The van der Waals surface area contributed by atoms with Gasteiger partial charge in [0.2, 0.25) is 11.7 Å². The first-order valence-electron chi connectivity index (χ1n) is 12.6. The van der Waals surface area contributed by atoms with Gasteiger partial charge in [-0.15, -0.1) is 0 Å². The SMILES string of the molecule is COc1cc(OC)c(C=CC(=O)Nc2ccc(OC)c(NC=CC(=O)c3cc(OC)c(OC)c(OC)c3)c2)c(OC)c1. The number of nitrogens with one attached hydrogen (secondary N) is 2. The first-order valence-corrected chi connectivity index (χ1v) is 12.6. The van der Waals surface area contributed by atoms with E-state index in [9.17, 15) is 9.59 Å². The molecule has 0 spiro atoms. The summed E-state index contributed by atoms with van der Waals surface area (Å²) in [5.41, 5.74) is 1.93. The van der Waals surface area contributed by atoms with Crippen LogP contribution in [-0.2, 0) is 4.79 Å². The van der Waals surface area contributed by atoms with Crippen molar-refractivity contribution in [1.29, 1.82) is 0 Å². The first-order chi connectivity index (χ1) is 20.3. The number of carbonyl (C=O) groups is 2. The van der Waals surface area contributed by atoms with E-state index >= 15 is 0 Å². The van der Waals surface area contributed by atoms with Crippen LogP contribution < -0.4 is 43.8 Å². The number of carbonyl (C=O) groups excluding carboxylic acids is 2. The van der Waals surface area contributed by atoms with Crippen LogP contribution in [0.4, 0.5) is 11.4 Å². The third kappa shape index (κ3) is 7.45. The molecule has 0 aliphatic heterocycles. The number of anilines is 2. The van der Waals surface area contributed by atoms with Crippen LogP contribution in [0.25, 0.3) is 6.08 Å². The average Bonchev–Trinajstić information content (AvgIpc) is 3.02. The van der Waals surface area contributed by atoms with Gasteiger partial charge in [-0.3, -0.25) is 9.59 Å². The molecule has 0 unspecified atom stereocenters. The van der Waals surface area contributed by atoms with Crippen LogP contribution in [0.2, 0.25) is 0 Å². The second kappa shape index (κ2) is 14.9. The summed E-state index contributed by atoms with van der Waals surface area (Å²) in [6, 6.07) is 11.6. The molecule has 0 saturated carbocycles. The van der Waals surface area contributed by atoms with Gasteiger partial charge in [0.25, 0.3) is 0 Å². The molecule has 0 radical (unpaired) electrons. The minimum absolute atomic E-state index is 0.306. The number of amides is 1. The van der Waals surface area contributed by atoms with Crippen molar-refractivity contribution in [2.75, 3.05) is 60.4 Å². The van der Waals surface area contributed by atoms with Crippen molar-refractivity contribution in [1.82, 2.24) is 0 Å². The van der Waals surface area contributed by atoms with Gasteiger partial charge in [-0.05, 0) is 36.4 Å². The Balaban J connectivity index is 1.76. The van der Waals surface area contributed by atoms with Gasteiger partial charge in [0.1, 0.15) is 23.0 Å². The fourth-order valence-electron chi connectivity index (χ4n) is 3.97. The summed E-state index contributed by atoms with van der Waals surface area (Å²) >= 11 is 0. The molecule has 1 amide bonds. The van der Waals surface area contributed by atoms with Gasteiger partial charge in [0.15, 0.2) is 17.3 Å². The zero-order valence-electron chi connectivity index (χ0n) is 24.5. The molecule has 0 fully saturated rings. The minimum atomic E-state index is -0.390. The lowest BCUT2D eigenvalue weighted by Crippen LogP contribution is -2.08. The largest absolute Gasteiger partial charge is 0.496 e. The number of ether oxygens (including phenoxy) is 7. The lowest BCUT2D eigenvalue weighted by molar-refractivity contribution is -0.111. The van der Waals surface area contributed by atoms with Gasteiger partial charge in [-0.1, -0.05) is 0 Å². The highest BCUT2D eigenvalue weighted by Gasteiger charge is 2.16. The smallest absolute Gasteiger partial charge is 0.248 e. The van der Waals surface area contributed by atoms with Gasteiger partial charge in [0, 0.05) is 41.7 Å². The Hall–Kier alpha value is -5.32. The van der Waals surface area contributed by atoms with Crippen molar-refractivity contribution in [3.05, 3.63) is 71.9 Å². The summed E-state index contributed by atoms with van der Waals surface area (Å²) in [5.74, 6) is 2.45. The zero-order valence-corrected chi connectivity index (χ0v) is 24.5. The van der Waals surface area contributed by atoms with Crippen LogP contribution >= 0.6 is 0 Å². The summed E-state index contributed by atoms with van der Waals surface area (Å²) in [4.78, 5) is 25.6. The highest BCUT2D eigenvalue weighted by Crippen LogP contribution is 2.38. The summed E-state index contributed by atoms with van der Waals surface area (Å²) in [7, 11) is 10.5. The Bertz CT molecular complexity index is 1430. The van der Waals surface area contributed by atoms with Gasteiger partial charge >= 0.3 is 0 Å². The van der Waals surface area contributed by atoms with Crippen LogP contribution in [0, 0.1) is 0 Å². The Morgan fingerprint density at radius 1 is 0.643 bits per heavy atom. The van der Waals surface area contributed by atoms with Crippen LogP contribution in [0.5, 0.6) is 40.2 Å². The number of hydrogen-bond acceptors (Lipinski definition) is 10.